The number of amides is 1. The Morgan fingerprint density at radius 2 is 1.22 bits per heavy atom. The zero-order valence-corrected chi connectivity index (χ0v) is 29.0. The van der Waals surface area contributed by atoms with Crippen LogP contribution in [0.25, 0.3) is 0 Å². The van der Waals surface area contributed by atoms with Gasteiger partial charge in [-0.1, -0.05) is 102 Å². The lowest BCUT2D eigenvalue weighted by atomic mass is 10.1. The number of nitrogens with two attached hydrogens (primary N) is 1. The van der Waals surface area contributed by atoms with E-state index in [4.69, 9.17) is 10.5 Å². The lowest BCUT2D eigenvalue weighted by molar-refractivity contribution is -0.147. The van der Waals surface area contributed by atoms with Gasteiger partial charge in [0.15, 0.2) is 0 Å². The van der Waals surface area contributed by atoms with Gasteiger partial charge < -0.3 is 20.9 Å². The normalized spacial score (nSPS) is 13.1. The van der Waals surface area contributed by atoms with Crippen LogP contribution in [0.1, 0.15) is 168 Å². The monoisotopic (exact) mass is 633 g/mol. The minimum absolute atomic E-state index is 0.117. The summed E-state index contributed by atoms with van der Waals surface area (Å²) in [7, 11) is 0. The highest BCUT2D eigenvalue weighted by Crippen LogP contribution is 2.14. The number of carboxylic acids is 1. The van der Waals surface area contributed by atoms with Crippen LogP contribution in [0.15, 0.2) is 36.5 Å². The standard InChI is InChI=1S/C38H68N2O5/c1-3-5-7-9-11-13-14-15-16-18-20-26-32-37(42)45-34(28-23-19-17-12-10-8-6-4-2)29-24-21-22-25-31-36(41)40-35(38(43)44)30-27-33-39/h11-13,17,23,28,34-35H,3-10,14-16,18-22,24-27,29-33,39H2,1-2H3,(H,40,41)(H,43,44)/b13-11-,17-12-,28-23-. The molecule has 0 aliphatic carbocycles. The average molecular weight is 633 g/mol. The first-order valence-corrected chi connectivity index (χ1v) is 18.3. The highest BCUT2D eigenvalue weighted by Gasteiger charge is 2.18. The third-order valence-electron chi connectivity index (χ3n) is 7.91. The van der Waals surface area contributed by atoms with Gasteiger partial charge in [0.25, 0.3) is 0 Å². The quantitative estimate of drug-likeness (QED) is 0.0386. The molecule has 0 spiro atoms. The molecule has 4 N–H and O–H groups in total. The van der Waals surface area contributed by atoms with Gasteiger partial charge in [-0.2, -0.15) is 0 Å². The molecule has 0 saturated heterocycles. The van der Waals surface area contributed by atoms with Crippen molar-refractivity contribution in [1.82, 2.24) is 5.32 Å². The highest BCUT2D eigenvalue weighted by molar-refractivity contribution is 5.83. The van der Waals surface area contributed by atoms with Crippen molar-refractivity contribution in [1.29, 1.82) is 0 Å². The molecule has 0 aromatic carbocycles. The lowest BCUT2D eigenvalue weighted by Crippen LogP contribution is -2.40. The number of ether oxygens (including phenoxy) is 1. The van der Waals surface area contributed by atoms with Gasteiger partial charge in [-0.3, -0.25) is 9.59 Å². The first kappa shape index (κ1) is 42.6. The maximum absolute atomic E-state index is 12.6. The van der Waals surface area contributed by atoms with E-state index >= 15 is 0 Å². The van der Waals surface area contributed by atoms with Crippen molar-refractivity contribution < 1.29 is 24.2 Å². The first-order chi connectivity index (χ1) is 21.9. The molecule has 7 nitrogen and oxygen atoms in total. The van der Waals surface area contributed by atoms with Crippen molar-refractivity contribution in [3.63, 3.8) is 0 Å². The number of carboxylic acid groups (broad SMARTS) is 1. The lowest BCUT2D eigenvalue weighted by Gasteiger charge is -2.15. The molecule has 1 amide bonds. The van der Waals surface area contributed by atoms with Gasteiger partial charge in [-0.25, -0.2) is 4.79 Å². The molecular formula is C38H68N2O5. The van der Waals surface area contributed by atoms with Crippen molar-refractivity contribution in [3.8, 4) is 0 Å². The van der Waals surface area contributed by atoms with E-state index in [0.717, 1.165) is 64.2 Å². The Hall–Kier alpha value is -2.41. The predicted molar refractivity (Wildman–Crippen MR) is 188 cm³/mol. The Labute approximate surface area is 275 Å². The van der Waals surface area contributed by atoms with Crippen LogP contribution in [0.5, 0.6) is 0 Å². The number of rotatable bonds is 32. The molecule has 0 fully saturated rings. The number of carbonyl (C=O) groups is 3. The number of hydrogen-bond acceptors (Lipinski definition) is 5. The zero-order valence-electron chi connectivity index (χ0n) is 29.0. The smallest absolute Gasteiger partial charge is 0.326 e. The van der Waals surface area contributed by atoms with Gasteiger partial charge in [0.2, 0.25) is 5.91 Å². The maximum atomic E-state index is 12.6. The van der Waals surface area contributed by atoms with E-state index in [9.17, 15) is 19.5 Å². The number of nitrogens with one attached hydrogen (secondary N) is 1. The van der Waals surface area contributed by atoms with E-state index in [0.29, 0.717) is 38.6 Å². The molecule has 0 aromatic heterocycles. The molecule has 0 radical (unpaired) electrons. The second-order valence-electron chi connectivity index (χ2n) is 12.3. The van der Waals surface area contributed by atoms with Crippen LogP contribution in [0.4, 0.5) is 0 Å². The van der Waals surface area contributed by atoms with E-state index in [2.05, 4.69) is 49.5 Å². The van der Waals surface area contributed by atoms with Crippen molar-refractivity contribution in [3.05, 3.63) is 36.5 Å². The summed E-state index contributed by atoms with van der Waals surface area (Å²) in [6, 6.07) is -0.873. The minimum Gasteiger partial charge on any atom is -0.480 e. The van der Waals surface area contributed by atoms with Crippen molar-refractivity contribution in [2.24, 2.45) is 5.73 Å². The molecule has 45 heavy (non-hydrogen) atoms. The largest absolute Gasteiger partial charge is 0.480 e. The second-order valence-corrected chi connectivity index (χ2v) is 12.3. The van der Waals surface area contributed by atoms with Gasteiger partial charge >= 0.3 is 11.9 Å². The van der Waals surface area contributed by atoms with Crippen LogP contribution in [0, 0.1) is 0 Å². The third kappa shape index (κ3) is 30.0. The minimum atomic E-state index is -1.02. The molecular weight excluding hydrogens is 564 g/mol. The summed E-state index contributed by atoms with van der Waals surface area (Å²) in [5.74, 6) is -1.37. The van der Waals surface area contributed by atoms with E-state index in [-0.39, 0.29) is 18.0 Å². The Bertz CT molecular complexity index is 808. The summed E-state index contributed by atoms with van der Waals surface area (Å²) < 4.78 is 5.87. The molecule has 0 aliphatic rings. The molecule has 0 heterocycles. The second kappa shape index (κ2) is 33.0. The SMILES string of the molecule is CCCCC/C=C\C/C=C\C(CCCCCCC(=O)NC(CCCN)C(=O)O)OC(=O)CCCCCCC/C=C\CCCCC. The molecule has 0 aliphatic heterocycles. The Balaban J connectivity index is 4.41. The summed E-state index contributed by atoms with van der Waals surface area (Å²) in [6.45, 7) is 4.85. The number of hydrogen-bond donors (Lipinski definition) is 3. The fraction of sp³-hybridized carbons (Fsp3) is 0.763. The van der Waals surface area contributed by atoms with Crippen LogP contribution >= 0.6 is 0 Å². The van der Waals surface area contributed by atoms with E-state index in [1.54, 1.807) is 0 Å². The van der Waals surface area contributed by atoms with Gasteiger partial charge in [-0.05, 0) is 96.1 Å². The summed E-state index contributed by atoms with van der Waals surface area (Å²) >= 11 is 0. The first-order valence-electron chi connectivity index (χ1n) is 18.3. The number of aliphatic carboxylic acids is 1. The highest BCUT2D eigenvalue weighted by atomic mass is 16.5. The number of carbonyl (C=O) groups excluding carboxylic acids is 2. The Morgan fingerprint density at radius 3 is 1.84 bits per heavy atom. The zero-order chi connectivity index (χ0) is 33.2. The fourth-order valence-electron chi connectivity index (χ4n) is 5.10. The molecule has 7 heteroatoms. The Kier molecular flexibility index (Phi) is 31.2. The molecule has 2 atom stereocenters. The summed E-state index contributed by atoms with van der Waals surface area (Å²) in [5, 5.41) is 11.9. The Morgan fingerprint density at radius 1 is 0.667 bits per heavy atom. The van der Waals surface area contributed by atoms with Gasteiger partial charge in [0.05, 0.1) is 0 Å². The summed E-state index contributed by atoms with van der Waals surface area (Å²) in [5.41, 5.74) is 5.46. The number of unbranched alkanes of at least 4 members (excludes halogenated alkanes) is 14. The van der Waals surface area contributed by atoms with Crippen molar-refractivity contribution in [2.45, 2.75) is 180 Å². The van der Waals surface area contributed by atoms with Crippen LogP contribution in [0.2, 0.25) is 0 Å². The van der Waals surface area contributed by atoms with Crippen molar-refractivity contribution >= 4 is 17.8 Å². The average Bonchev–Trinajstić information content (AvgIpc) is 3.02. The predicted octanol–water partition coefficient (Wildman–Crippen LogP) is 9.50. The van der Waals surface area contributed by atoms with E-state index in [1.165, 1.54) is 57.8 Å². The number of allylic oxidation sites excluding steroid dienone is 5. The maximum Gasteiger partial charge on any atom is 0.326 e. The van der Waals surface area contributed by atoms with Gasteiger partial charge in [0, 0.05) is 12.8 Å². The molecule has 0 rings (SSSR count). The van der Waals surface area contributed by atoms with Crippen molar-refractivity contribution in [2.75, 3.05) is 6.54 Å². The van der Waals surface area contributed by atoms with E-state index in [1.807, 2.05) is 6.08 Å². The number of esters is 1. The van der Waals surface area contributed by atoms with Crippen LogP contribution in [-0.4, -0.2) is 41.6 Å². The van der Waals surface area contributed by atoms with Crippen LogP contribution < -0.4 is 11.1 Å². The van der Waals surface area contributed by atoms with Crippen LogP contribution in [-0.2, 0) is 19.1 Å². The molecule has 2 unspecified atom stereocenters. The molecule has 0 bridgehead atoms. The summed E-state index contributed by atoms with van der Waals surface area (Å²) in [4.78, 5) is 36.1. The third-order valence-corrected chi connectivity index (χ3v) is 7.91. The summed E-state index contributed by atoms with van der Waals surface area (Å²) in [6.07, 6.45) is 36.2. The fourth-order valence-corrected chi connectivity index (χ4v) is 5.10. The van der Waals surface area contributed by atoms with Crippen LogP contribution in [0.3, 0.4) is 0 Å². The molecule has 260 valence electrons. The van der Waals surface area contributed by atoms with Gasteiger partial charge in [0.1, 0.15) is 12.1 Å². The molecule has 0 saturated carbocycles. The topological polar surface area (TPSA) is 119 Å². The van der Waals surface area contributed by atoms with E-state index < -0.39 is 12.0 Å². The van der Waals surface area contributed by atoms with Gasteiger partial charge in [-0.15, -0.1) is 0 Å². The molecule has 0 aromatic rings.